The monoisotopic (exact) mass is 380 g/mol. The van der Waals surface area contributed by atoms with Crippen LogP contribution in [0.5, 0.6) is 0 Å². The topological polar surface area (TPSA) is 65.1 Å². The number of likely N-dealkylation sites (N-methyl/N-ethyl adjacent to an activating group) is 1. The van der Waals surface area contributed by atoms with Crippen molar-refractivity contribution in [3.63, 3.8) is 0 Å². The third-order valence-corrected chi connectivity index (χ3v) is 3.92. The molecule has 0 spiro atoms. The van der Waals surface area contributed by atoms with Crippen LogP contribution >= 0.6 is 37.2 Å². The number of hydrogen-bond acceptors (Lipinski definition) is 4. The van der Waals surface area contributed by atoms with E-state index in [0.717, 1.165) is 25.9 Å². The minimum atomic E-state index is 0. The van der Waals surface area contributed by atoms with Gasteiger partial charge in [-0.05, 0) is 57.1 Å². The van der Waals surface area contributed by atoms with E-state index in [0.29, 0.717) is 11.6 Å². The Balaban J connectivity index is 0. The van der Waals surface area contributed by atoms with E-state index in [1.807, 2.05) is 24.3 Å². The second-order valence-electron chi connectivity index (χ2n) is 5.76. The SMILES string of the molecule is CN1CC[C@@H](NCCC(N)Cc2ccc(C#N)cc2)C1.Cl.Cl.Cl. The number of nitrogens with zero attached hydrogens (tertiary/aromatic N) is 2. The normalized spacial score (nSPS) is 18.0. The van der Waals surface area contributed by atoms with Crippen LogP contribution in [0, 0.1) is 11.3 Å². The number of nitriles is 1. The summed E-state index contributed by atoms with van der Waals surface area (Å²) in [5.74, 6) is 0. The van der Waals surface area contributed by atoms with Gasteiger partial charge in [0.05, 0.1) is 11.6 Å². The largest absolute Gasteiger partial charge is 0.327 e. The van der Waals surface area contributed by atoms with Crippen molar-refractivity contribution in [3.05, 3.63) is 35.4 Å². The molecule has 0 amide bonds. The molecule has 1 aliphatic rings. The predicted molar refractivity (Wildman–Crippen MR) is 103 cm³/mol. The molecule has 1 aliphatic heterocycles. The molecule has 1 unspecified atom stereocenters. The summed E-state index contributed by atoms with van der Waals surface area (Å²) in [5, 5.41) is 12.3. The third kappa shape index (κ3) is 8.76. The molecule has 1 saturated heterocycles. The number of halogens is 3. The molecule has 1 fully saturated rings. The lowest BCUT2D eigenvalue weighted by molar-refractivity contribution is 0.395. The Morgan fingerprint density at radius 2 is 1.96 bits per heavy atom. The Bertz CT molecular complexity index is 461. The van der Waals surface area contributed by atoms with Crippen molar-refractivity contribution in [2.45, 2.75) is 31.3 Å². The van der Waals surface area contributed by atoms with Gasteiger partial charge in [0.25, 0.3) is 0 Å². The van der Waals surface area contributed by atoms with Crippen molar-refractivity contribution in [3.8, 4) is 6.07 Å². The van der Waals surface area contributed by atoms with Crippen LogP contribution in [0.15, 0.2) is 24.3 Å². The average molecular weight is 382 g/mol. The van der Waals surface area contributed by atoms with Crippen LogP contribution in [0.1, 0.15) is 24.0 Å². The Morgan fingerprint density at radius 3 is 2.48 bits per heavy atom. The third-order valence-electron chi connectivity index (χ3n) is 3.92. The second kappa shape index (κ2) is 12.8. The number of benzene rings is 1. The van der Waals surface area contributed by atoms with Gasteiger partial charge in [0, 0.05) is 18.6 Å². The zero-order valence-electron chi connectivity index (χ0n) is 13.4. The second-order valence-corrected chi connectivity index (χ2v) is 5.76. The van der Waals surface area contributed by atoms with Gasteiger partial charge in [0.15, 0.2) is 0 Å². The molecule has 1 heterocycles. The molecule has 0 aliphatic carbocycles. The minimum absolute atomic E-state index is 0. The number of likely N-dealkylation sites (tertiary alicyclic amines) is 1. The van der Waals surface area contributed by atoms with Crippen LogP contribution in [-0.2, 0) is 6.42 Å². The first kappa shape index (κ1) is 24.7. The van der Waals surface area contributed by atoms with E-state index in [2.05, 4.69) is 23.3 Å². The van der Waals surface area contributed by atoms with E-state index >= 15 is 0 Å². The summed E-state index contributed by atoms with van der Waals surface area (Å²) in [6.45, 7) is 3.32. The van der Waals surface area contributed by atoms with E-state index < -0.39 is 0 Å². The first-order chi connectivity index (χ1) is 9.67. The van der Waals surface area contributed by atoms with Gasteiger partial charge in [-0.15, -0.1) is 37.2 Å². The van der Waals surface area contributed by atoms with Gasteiger partial charge in [0.2, 0.25) is 0 Å². The van der Waals surface area contributed by atoms with Gasteiger partial charge in [0.1, 0.15) is 0 Å². The van der Waals surface area contributed by atoms with E-state index in [9.17, 15) is 0 Å². The highest BCUT2D eigenvalue weighted by molar-refractivity contribution is 5.86. The fourth-order valence-corrected chi connectivity index (χ4v) is 2.69. The van der Waals surface area contributed by atoms with E-state index in [1.165, 1.54) is 18.5 Å². The van der Waals surface area contributed by atoms with Gasteiger partial charge in [-0.1, -0.05) is 12.1 Å². The van der Waals surface area contributed by atoms with E-state index in [4.69, 9.17) is 11.0 Å². The highest BCUT2D eigenvalue weighted by Crippen LogP contribution is 2.08. The molecule has 23 heavy (non-hydrogen) atoms. The number of nitrogens with one attached hydrogen (secondary N) is 1. The predicted octanol–water partition coefficient (Wildman–Crippen LogP) is 2.38. The number of hydrogen-bond donors (Lipinski definition) is 2. The van der Waals surface area contributed by atoms with E-state index in [-0.39, 0.29) is 43.3 Å². The van der Waals surface area contributed by atoms with Crippen molar-refractivity contribution in [1.29, 1.82) is 5.26 Å². The Labute approximate surface area is 158 Å². The van der Waals surface area contributed by atoms with Gasteiger partial charge in [-0.25, -0.2) is 0 Å². The quantitative estimate of drug-likeness (QED) is 0.794. The van der Waals surface area contributed by atoms with Crippen molar-refractivity contribution < 1.29 is 0 Å². The summed E-state index contributed by atoms with van der Waals surface area (Å²) >= 11 is 0. The van der Waals surface area contributed by atoms with Crippen LogP contribution in [-0.4, -0.2) is 43.7 Å². The highest BCUT2D eigenvalue weighted by atomic mass is 35.5. The molecule has 3 N–H and O–H groups in total. The lowest BCUT2D eigenvalue weighted by atomic mass is 10.0. The molecular weight excluding hydrogens is 355 g/mol. The zero-order valence-corrected chi connectivity index (χ0v) is 15.9. The molecule has 0 saturated carbocycles. The molecule has 132 valence electrons. The molecule has 7 heteroatoms. The fourth-order valence-electron chi connectivity index (χ4n) is 2.69. The fraction of sp³-hybridized carbons (Fsp3) is 0.562. The minimum Gasteiger partial charge on any atom is -0.327 e. The molecule has 1 aromatic carbocycles. The Morgan fingerprint density at radius 1 is 1.30 bits per heavy atom. The smallest absolute Gasteiger partial charge is 0.0991 e. The van der Waals surface area contributed by atoms with Crippen LogP contribution in [0.4, 0.5) is 0 Å². The maximum Gasteiger partial charge on any atom is 0.0991 e. The zero-order chi connectivity index (χ0) is 14.4. The summed E-state index contributed by atoms with van der Waals surface area (Å²) < 4.78 is 0. The molecule has 1 aromatic rings. The average Bonchev–Trinajstić information content (AvgIpc) is 2.85. The summed E-state index contributed by atoms with van der Waals surface area (Å²) in [4.78, 5) is 2.36. The van der Waals surface area contributed by atoms with Crippen molar-refractivity contribution in [1.82, 2.24) is 10.2 Å². The van der Waals surface area contributed by atoms with Crippen LogP contribution in [0.3, 0.4) is 0 Å². The van der Waals surface area contributed by atoms with Crippen molar-refractivity contribution >= 4 is 37.2 Å². The van der Waals surface area contributed by atoms with E-state index in [1.54, 1.807) is 0 Å². The standard InChI is InChI=1S/C16H24N4.3ClH/c1-20-9-7-16(12-20)19-8-6-15(18)10-13-2-4-14(11-17)5-3-13;;;/h2-5,15-16,19H,6-10,12,18H2,1H3;3*1H/t15?,16-;;;/m1.../s1. The summed E-state index contributed by atoms with van der Waals surface area (Å²) in [7, 11) is 2.16. The van der Waals surface area contributed by atoms with Crippen molar-refractivity contribution in [2.75, 3.05) is 26.7 Å². The molecule has 4 nitrogen and oxygen atoms in total. The first-order valence-electron chi connectivity index (χ1n) is 7.34. The lowest BCUT2D eigenvalue weighted by Crippen LogP contribution is -2.35. The Hall–Kier alpha value is -0.540. The Kier molecular flexibility index (Phi) is 13.8. The molecule has 0 aromatic heterocycles. The molecule has 0 radical (unpaired) electrons. The van der Waals surface area contributed by atoms with Gasteiger partial charge in [-0.2, -0.15) is 5.26 Å². The molecule has 2 rings (SSSR count). The van der Waals surface area contributed by atoms with Crippen LogP contribution in [0.2, 0.25) is 0 Å². The molecule has 2 atom stereocenters. The number of rotatable bonds is 6. The van der Waals surface area contributed by atoms with Gasteiger partial charge >= 0.3 is 0 Å². The summed E-state index contributed by atoms with van der Waals surface area (Å²) in [5.41, 5.74) is 8.08. The molecular formula is C16H27Cl3N4. The highest BCUT2D eigenvalue weighted by Gasteiger charge is 2.18. The maximum absolute atomic E-state index is 8.76. The summed E-state index contributed by atoms with van der Waals surface area (Å²) in [6.07, 6.45) is 3.10. The van der Waals surface area contributed by atoms with Gasteiger partial charge in [-0.3, -0.25) is 0 Å². The van der Waals surface area contributed by atoms with Crippen LogP contribution < -0.4 is 11.1 Å². The lowest BCUT2D eigenvalue weighted by Gasteiger charge is -2.16. The first-order valence-corrected chi connectivity index (χ1v) is 7.34. The van der Waals surface area contributed by atoms with Crippen LogP contribution in [0.25, 0.3) is 0 Å². The number of nitrogens with two attached hydrogens (primary N) is 1. The van der Waals surface area contributed by atoms with Gasteiger partial charge < -0.3 is 16.0 Å². The summed E-state index contributed by atoms with van der Waals surface area (Å²) in [6, 6.07) is 10.6. The van der Waals surface area contributed by atoms with Crippen molar-refractivity contribution in [2.24, 2.45) is 5.73 Å². The molecule has 0 bridgehead atoms. The maximum atomic E-state index is 8.76.